The maximum Gasteiger partial charge on any atom is 0.0582 e. The van der Waals surface area contributed by atoms with Gasteiger partial charge in [0.1, 0.15) is 0 Å². The molecule has 0 saturated carbocycles. The minimum absolute atomic E-state index is 0.114. The number of hydrogen-bond acceptors (Lipinski definition) is 2. The van der Waals surface area contributed by atoms with E-state index in [9.17, 15) is 0 Å². The summed E-state index contributed by atoms with van der Waals surface area (Å²) in [6.07, 6.45) is 22.1. The normalized spacial score (nSPS) is 26.4. The van der Waals surface area contributed by atoms with Crippen molar-refractivity contribution in [3.05, 3.63) is 136 Å². The summed E-state index contributed by atoms with van der Waals surface area (Å²) >= 11 is 0. The molecule has 3 aromatic carbocycles. The second kappa shape index (κ2) is 13.7. The molecular weight excluding hydrogens is 665 g/mol. The summed E-state index contributed by atoms with van der Waals surface area (Å²) in [5.74, 6) is 0. The topological polar surface area (TPSA) is 15.3 Å². The summed E-state index contributed by atoms with van der Waals surface area (Å²) in [5, 5.41) is 3.89. The molecule has 0 radical (unpaired) electrons. The Labute approximate surface area is 335 Å². The number of nitrogens with zero attached hydrogens (tertiary/aromatic N) is 1. The van der Waals surface area contributed by atoms with Gasteiger partial charge >= 0.3 is 0 Å². The SMILES string of the molecule is CCC1(C)CCC(C)(C)c2cc(C3(C)C=CC=CC3)c(N(c3ccc4c(c3)C(C)(C)CCC4(C)C)C3C=C(C)C=C(Nc4ccc(C(C)(C)C)cc4)C3)cc21. The van der Waals surface area contributed by atoms with Crippen molar-refractivity contribution >= 4 is 17.1 Å². The molecule has 1 N–H and O–H groups in total. The lowest BCUT2D eigenvalue weighted by atomic mass is 9.60. The maximum absolute atomic E-state index is 3.89. The number of nitrogens with one attached hydrogen (secondary N) is 1. The number of benzene rings is 3. The molecule has 0 spiro atoms. The minimum atomic E-state index is -0.123. The Hall–Kier alpha value is -3.78. The highest BCUT2D eigenvalue weighted by Gasteiger charge is 2.43. The van der Waals surface area contributed by atoms with Crippen molar-refractivity contribution in [3.63, 3.8) is 0 Å². The predicted molar refractivity (Wildman–Crippen MR) is 239 cm³/mol. The van der Waals surface area contributed by atoms with Crippen LogP contribution < -0.4 is 10.2 Å². The molecule has 55 heavy (non-hydrogen) atoms. The lowest BCUT2D eigenvalue weighted by Gasteiger charge is -2.47. The summed E-state index contributed by atoms with van der Waals surface area (Å²) in [4.78, 5) is 2.77. The molecule has 7 rings (SSSR count). The molecule has 0 fully saturated rings. The monoisotopic (exact) mass is 735 g/mol. The maximum atomic E-state index is 3.89. The highest BCUT2D eigenvalue weighted by Crippen LogP contribution is 2.54. The lowest BCUT2D eigenvalue weighted by molar-refractivity contribution is 0.304. The predicted octanol–water partition coefficient (Wildman–Crippen LogP) is 14.7. The molecule has 3 atom stereocenters. The van der Waals surface area contributed by atoms with Crippen LogP contribution in [0.15, 0.2) is 102 Å². The second-order valence-corrected chi connectivity index (χ2v) is 21.3. The fraction of sp³-hybridized carbons (Fsp3) is 0.509. The average Bonchev–Trinajstić information content (AvgIpc) is 3.12. The van der Waals surface area contributed by atoms with Crippen molar-refractivity contribution in [1.29, 1.82) is 0 Å². The zero-order valence-electron chi connectivity index (χ0n) is 36.6. The summed E-state index contributed by atoms with van der Waals surface area (Å²) in [6, 6.07) is 22.1. The first-order valence-electron chi connectivity index (χ1n) is 21.4. The Kier molecular flexibility index (Phi) is 9.83. The molecule has 0 aliphatic heterocycles. The first kappa shape index (κ1) is 39.5. The Balaban J connectivity index is 1.44. The van der Waals surface area contributed by atoms with Crippen LogP contribution in [0.4, 0.5) is 17.1 Å². The molecule has 0 bridgehead atoms. The molecular formula is C53H70N2. The number of rotatable bonds is 7. The molecule has 0 amide bonds. The van der Waals surface area contributed by atoms with Gasteiger partial charge in [-0.1, -0.05) is 143 Å². The molecule has 0 aromatic heterocycles. The molecule has 292 valence electrons. The first-order valence-corrected chi connectivity index (χ1v) is 21.4. The van der Waals surface area contributed by atoms with Gasteiger partial charge in [0.15, 0.2) is 0 Å². The van der Waals surface area contributed by atoms with Crippen LogP contribution >= 0.6 is 0 Å². The molecule has 0 saturated heterocycles. The summed E-state index contributed by atoms with van der Waals surface area (Å²) in [7, 11) is 0. The van der Waals surface area contributed by atoms with Crippen LogP contribution in [0.25, 0.3) is 0 Å². The molecule has 2 heteroatoms. The fourth-order valence-corrected chi connectivity index (χ4v) is 10.2. The zero-order valence-corrected chi connectivity index (χ0v) is 36.6. The van der Waals surface area contributed by atoms with Gasteiger partial charge in [0.05, 0.1) is 6.04 Å². The van der Waals surface area contributed by atoms with E-state index in [1.54, 1.807) is 11.1 Å². The quantitative estimate of drug-likeness (QED) is 0.260. The third-order valence-corrected chi connectivity index (χ3v) is 14.5. The lowest BCUT2D eigenvalue weighted by Crippen LogP contribution is -2.39. The molecule has 0 heterocycles. The summed E-state index contributed by atoms with van der Waals surface area (Å²) in [6.45, 7) is 31.3. The van der Waals surface area contributed by atoms with Crippen LogP contribution in [0.5, 0.6) is 0 Å². The highest BCUT2D eigenvalue weighted by molar-refractivity contribution is 5.75. The van der Waals surface area contributed by atoms with Gasteiger partial charge in [0.2, 0.25) is 0 Å². The van der Waals surface area contributed by atoms with Crippen molar-refractivity contribution in [1.82, 2.24) is 0 Å². The van der Waals surface area contributed by atoms with Gasteiger partial charge in [-0.15, -0.1) is 0 Å². The number of hydrogen-bond donors (Lipinski definition) is 1. The molecule has 2 nitrogen and oxygen atoms in total. The summed E-state index contributed by atoms with van der Waals surface area (Å²) < 4.78 is 0. The fourth-order valence-electron chi connectivity index (χ4n) is 10.2. The van der Waals surface area contributed by atoms with Crippen molar-refractivity contribution in [2.75, 3.05) is 10.2 Å². The van der Waals surface area contributed by atoms with E-state index >= 15 is 0 Å². The molecule has 3 unspecified atom stereocenters. The van der Waals surface area contributed by atoms with Crippen LogP contribution in [0.2, 0.25) is 0 Å². The van der Waals surface area contributed by atoms with Crippen LogP contribution in [0.3, 0.4) is 0 Å². The smallest absolute Gasteiger partial charge is 0.0582 e. The number of allylic oxidation sites excluding steroid dienone is 6. The number of fused-ring (bicyclic) bond motifs is 2. The second-order valence-electron chi connectivity index (χ2n) is 21.3. The van der Waals surface area contributed by atoms with E-state index < -0.39 is 0 Å². The molecule has 3 aromatic rings. The van der Waals surface area contributed by atoms with E-state index in [1.807, 2.05) is 0 Å². The van der Waals surface area contributed by atoms with E-state index in [4.69, 9.17) is 0 Å². The van der Waals surface area contributed by atoms with Crippen LogP contribution in [-0.2, 0) is 32.5 Å². The Morgan fingerprint density at radius 3 is 1.96 bits per heavy atom. The van der Waals surface area contributed by atoms with Gasteiger partial charge in [-0.3, -0.25) is 0 Å². The number of anilines is 3. The Bertz CT molecular complexity index is 2070. The Morgan fingerprint density at radius 2 is 1.35 bits per heavy atom. The van der Waals surface area contributed by atoms with Crippen molar-refractivity contribution < 1.29 is 0 Å². The standard InChI is InChI=1S/C53H70N2/c1-14-52(12)29-28-51(10,11)44-34-46(53(13)24-16-15-17-25-53)47(35-45(44)52)55(40-22-23-42-43(33-40)50(8,9)27-26-49(42,6)7)41-31-36(2)30-39(32-41)54-38-20-18-37(19-21-38)48(3,4)5/h15-24,30-31,33-35,41,54H,14,25-29,32H2,1-13H3. The third kappa shape index (κ3) is 7.33. The van der Waals surface area contributed by atoms with Gasteiger partial charge in [-0.05, 0) is 142 Å². The van der Waals surface area contributed by atoms with Crippen LogP contribution in [0.1, 0.15) is 168 Å². The largest absolute Gasteiger partial charge is 0.359 e. The van der Waals surface area contributed by atoms with Gasteiger partial charge in [0.25, 0.3) is 0 Å². The summed E-state index contributed by atoms with van der Waals surface area (Å²) in [5.41, 5.74) is 15.9. The van der Waals surface area contributed by atoms with Crippen molar-refractivity contribution in [2.45, 2.75) is 173 Å². The first-order chi connectivity index (χ1) is 25.7. The zero-order chi connectivity index (χ0) is 39.8. The highest BCUT2D eigenvalue weighted by atomic mass is 15.2. The van der Waals surface area contributed by atoms with Gasteiger partial charge in [0, 0.05) is 34.6 Å². The van der Waals surface area contributed by atoms with E-state index in [0.29, 0.717) is 0 Å². The Morgan fingerprint density at radius 1 is 0.709 bits per heavy atom. The van der Waals surface area contributed by atoms with E-state index in [2.05, 4.69) is 191 Å². The van der Waals surface area contributed by atoms with Gasteiger partial charge in [-0.2, -0.15) is 0 Å². The average molecular weight is 735 g/mol. The third-order valence-electron chi connectivity index (χ3n) is 14.5. The van der Waals surface area contributed by atoms with Crippen molar-refractivity contribution in [2.24, 2.45) is 0 Å². The van der Waals surface area contributed by atoms with Gasteiger partial charge < -0.3 is 10.2 Å². The van der Waals surface area contributed by atoms with Crippen LogP contribution in [-0.4, -0.2) is 6.04 Å². The van der Waals surface area contributed by atoms with E-state index in [1.165, 1.54) is 70.6 Å². The van der Waals surface area contributed by atoms with Gasteiger partial charge in [-0.25, -0.2) is 0 Å². The van der Waals surface area contributed by atoms with E-state index in [-0.39, 0.29) is 38.5 Å². The molecule has 4 aliphatic carbocycles. The molecule has 4 aliphatic rings. The minimum Gasteiger partial charge on any atom is -0.359 e. The van der Waals surface area contributed by atoms with E-state index in [0.717, 1.165) is 24.9 Å². The van der Waals surface area contributed by atoms with Crippen LogP contribution in [0, 0.1) is 0 Å². The van der Waals surface area contributed by atoms with Crippen molar-refractivity contribution in [3.8, 4) is 0 Å².